The Morgan fingerprint density at radius 2 is 1.82 bits per heavy atom. The quantitative estimate of drug-likeness (QED) is 0.650. The van der Waals surface area contributed by atoms with Gasteiger partial charge in [0.1, 0.15) is 11.3 Å². The van der Waals surface area contributed by atoms with Crippen molar-refractivity contribution in [3.63, 3.8) is 0 Å². The standard InChI is InChI=1S/C25H30N4O4/c1-4-33-25(32)20-17(3)26-22(18-9-6-5-7-10-18)27-21(20)24(31)28-13-14-29(16(2)15-28)23(30)19-11-8-12-19/h5-7,9-10,16,19H,4,8,11-15H2,1-3H3. The Bertz CT molecular complexity index is 1050. The molecule has 0 spiro atoms. The summed E-state index contributed by atoms with van der Waals surface area (Å²) in [5.41, 5.74) is 1.31. The minimum absolute atomic E-state index is 0.0470. The van der Waals surface area contributed by atoms with E-state index in [-0.39, 0.29) is 41.6 Å². The zero-order chi connectivity index (χ0) is 23.5. The van der Waals surface area contributed by atoms with Crippen LogP contribution in [-0.4, -0.2) is 69.8 Å². The first-order valence-electron chi connectivity index (χ1n) is 11.6. The Morgan fingerprint density at radius 1 is 1.09 bits per heavy atom. The molecule has 1 saturated carbocycles. The number of amides is 2. The SMILES string of the molecule is CCOC(=O)c1c(C)nc(-c2ccccc2)nc1C(=O)N1CCN(C(=O)C2CCC2)C(C)C1. The summed E-state index contributed by atoms with van der Waals surface area (Å²) < 4.78 is 5.20. The normalized spacial score (nSPS) is 18.6. The Labute approximate surface area is 194 Å². The molecule has 0 bridgehead atoms. The molecule has 4 rings (SSSR count). The second-order valence-electron chi connectivity index (χ2n) is 8.70. The second kappa shape index (κ2) is 9.68. The van der Waals surface area contributed by atoms with Crippen molar-refractivity contribution >= 4 is 17.8 Å². The highest BCUT2D eigenvalue weighted by molar-refractivity contribution is 6.05. The minimum atomic E-state index is -0.607. The fourth-order valence-corrected chi connectivity index (χ4v) is 4.40. The number of hydrogen-bond acceptors (Lipinski definition) is 6. The van der Waals surface area contributed by atoms with Crippen LogP contribution in [0, 0.1) is 12.8 Å². The van der Waals surface area contributed by atoms with E-state index in [0.717, 1.165) is 24.8 Å². The Morgan fingerprint density at radius 3 is 2.42 bits per heavy atom. The van der Waals surface area contributed by atoms with Gasteiger partial charge in [0.25, 0.3) is 5.91 Å². The van der Waals surface area contributed by atoms with Gasteiger partial charge in [-0.15, -0.1) is 0 Å². The second-order valence-corrected chi connectivity index (χ2v) is 8.70. The fourth-order valence-electron chi connectivity index (χ4n) is 4.40. The van der Waals surface area contributed by atoms with Gasteiger partial charge in [-0.3, -0.25) is 9.59 Å². The third kappa shape index (κ3) is 4.60. The van der Waals surface area contributed by atoms with Gasteiger partial charge in [0.15, 0.2) is 5.82 Å². The van der Waals surface area contributed by atoms with E-state index in [0.29, 0.717) is 31.2 Å². The lowest BCUT2D eigenvalue weighted by Gasteiger charge is -2.42. The molecule has 2 amide bonds. The zero-order valence-electron chi connectivity index (χ0n) is 19.4. The molecule has 1 aliphatic heterocycles. The largest absolute Gasteiger partial charge is 0.462 e. The van der Waals surface area contributed by atoms with Gasteiger partial charge < -0.3 is 14.5 Å². The van der Waals surface area contributed by atoms with Crippen LogP contribution in [0.2, 0.25) is 0 Å². The molecule has 33 heavy (non-hydrogen) atoms. The van der Waals surface area contributed by atoms with E-state index in [1.807, 2.05) is 42.2 Å². The molecule has 1 aliphatic carbocycles. The number of hydrogen-bond donors (Lipinski definition) is 0. The van der Waals surface area contributed by atoms with Gasteiger partial charge in [-0.05, 0) is 33.6 Å². The number of rotatable bonds is 5. The Balaban J connectivity index is 1.63. The summed E-state index contributed by atoms with van der Waals surface area (Å²) in [5, 5.41) is 0. The smallest absolute Gasteiger partial charge is 0.342 e. The van der Waals surface area contributed by atoms with Gasteiger partial charge >= 0.3 is 5.97 Å². The summed E-state index contributed by atoms with van der Waals surface area (Å²) in [4.78, 5) is 51.6. The minimum Gasteiger partial charge on any atom is -0.462 e. The number of benzene rings is 1. The van der Waals surface area contributed by atoms with Gasteiger partial charge in [-0.1, -0.05) is 36.8 Å². The Kier molecular flexibility index (Phi) is 6.72. The van der Waals surface area contributed by atoms with Crippen LogP contribution in [0.5, 0.6) is 0 Å². The first kappa shape index (κ1) is 22.9. The summed E-state index contributed by atoms with van der Waals surface area (Å²) in [6.45, 7) is 6.82. The molecule has 1 aromatic heterocycles. The third-order valence-electron chi connectivity index (χ3n) is 6.46. The molecule has 1 unspecified atom stereocenters. The van der Waals surface area contributed by atoms with Gasteiger partial charge in [0.05, 0.1) is 12.3 Å². The first-order chi connectivity index (χ1) is 15.9. The summed E-state index contributed by atoms with van der Waals surface area (Å²) in [5.74, 6) is -0.246. The monoisotopic (exact) mass is 450 g/mol. The number of nitrogens with zero attached hydrogens (tertiary/aromatic N) is 4. The van der Waals surface area contributed by atoms with Crippen molar-refractivity contribution in [3.05, 3.63) is 47.3 Å². The van der Waals surface area contributed by atoms with E-state index in [9.17, 15) is 14.4 Å². The summed E-state index contributed by atoms with van der Waals surface area (Å²) in [6, 6.07) is 9.25. The lowest BCUT2D eigenvalue weighted by Crippen LogP contribution is -2.57. The zero-order valence-corrected chi connectivity index (χ0v) is 19.4. The van der Waals surface area contributed by atoms with Crippen LogP contribution < -0.4 is 0 Å². The highest BCUT2D eigenvalue weighted by Crippen LogP contribution is 2.30. The predicted octanol–water partition coefficient (Wildman–Crippen LogP) is 3.10. The van der Waals surface area contributed by atoms with Gasteiger partial charge in [0.2, 0.25) is 5.91 Å². The van der Waals surface area contributed by atoms with Crippen LogP contribution in [-0.2, 0) is 9.53 Å². The highest BCUT2D eigenvalue weighted by Gasteiger charge is 2.37. The van der Waals surface area contributed by atoms with E-state index in [1.54, 1.807) is 18.7 Å². The fraction of sp³-hybridized carbons (Fsp3) is 0.480. The number of piperazine rings is 1. The van der Waals surface area contributed by atoms with Crippen LogP contribution >= 0.6 is 0 Å². The number of carbonyl (C=O) groups is 3. The molecule has 0 radical (unpaired) electrons. The lowest BCUT2D eigenvalue weighted by atomic mass is 9.84. The summed E-state index contributed by atoms with van der Waals surface area (Å²) in [7, 11) is 0. The molecular formula is C25H30N4O4. The van der Waals surface area contributed by atoms with Crippen LogP contribution in [0.4, 0.5) is 0 Å². The van der Waals surface area contributed by atoms with Crippen molar-refractivity contribution in [2.45, 2.75) is 46.1 Å². The number of aryl methyl sites for hydroxylation is 1. The number of aromatic nitrogens is 2. The maximum absolute atomic E-state index is 13.6. The van der Waals surface area contributed by atoms with E-state index in [4.69, 9.17) is 4.74 Å². The molecule has 1 aromatic carbocycles. The van der Waals surface area contributed by atoms with Crippen molar-refractivity contribution < 1.29 is 19.1 Å². The van der Waals surface area contributed by atoms with E-state index in [2.05, 4.69) is 9.97 Å². The van der Waals surface area contributed by atoms with Crippen LogP contribution in [0.3, 0.4) is 0 Å². The first-order valence-corrected chi connectivity index (χ1v) is 11.6. The maximum atomic E-state index is 13.6. The van der Waals surface area contributed by atoms with Gasteiger partial charge in [-0.2, -0.15) is 0 Å². The van der Waals surface area contributed by atoms with E-state index >= 15 is 0 Å². The summed E-state index contributed by atoms with van der Waals surface area (Å²) >= 11 is 0. The van der Waals surface area contributed by atoms with Crippen molar-refractivity contribution in [3.8, 4) is 11.4 Å². The maximum Gasteiger partial charge on any atom is 0.342 e. The molecule has 0 N–H and O–H groups in total. The van der Waals surface area contributed by atoms with Crippen LogP contribution in [0.25, 0.3) is 11.4 Å². The Hall–Kier alpha value is -3.29. The third-order valence-corrected chi connectivity index (χ3v) is 6.46. The molecule has 174 valence electrons. The molecule has 8 nitrogen and oxygen atoms in total. The van der Waals surface area contributed by atoms with Crippen molar-refractivity contribution in [1.29, 1.82) is 0 Å². The van der Waals surface area contributed by atoms with Crippen molar-refractivity contribution in [1.82, 2.24) is 19.8 Å². The van der Waals surface area contributed by atoms with Crippen molar-refractivity contribution in [2.75, 3.05) is 26.2 Å². The molecule has 1 atom stereocenters. The molecule has 8 heteroatoms. The number of esters is 1. The predicted molar refractivity (Wildman–Crippen MR) is 123 cm³/mol. The van der Waals surface area contributed by atoms with Crippen LogP contribution in [0.1, 0.15) is 59.7 Å². The number of ether oxygens (including phenoxy) is 1. The average Bonchev–Trinajstić information content (AvgIpc) is 2.77. The van der Waals surface area contributed by atoms with Crippen LogP contribution in [0.15, 0.2) is 30.3 Å². The molecular weight excluding hydrogens is 420 g/mol. The highest BCUT2D eigenvalue weighted by atomic mass is 16.5. The molecule has 1 saturated heterocycles. The molecule has 2 aliphatic rings. The summed E-state index contributed by atoms with van der Waals surface area (Å²) in [6.07, 6.45) is 3.02. The van der Waals surface area contributed by atoms with Gasteiger partial charge in [-0.25, -0.2) is 14.8 Å². The lowest BCUT2D eigenvalue weighted by molar-refractivity contribution is -0.142. The molecule has 2 fully saturated rings. The topological polar surface area (TPSA) is 92.7 Å². The van der Waals surface area contributed by atoms with Crippen molar-refractivity contribution in [2.24, 2.45) is 5.92 Å². The molecule has 2 heterocycles. The van der Waals surface area contributed by atoms with E-state index in [1.165, 1.54) is 0 Å². The van der Waals surface area contributed by atoms with Gasteiger partial charge in [0, 0.05) is 37.2 Å². The molecule has 2 aromatic rings. The average molecular weight is 451 g/mol. The van der Waals surface area contributed by atoms with E-state index < -0.39 is 5.97 Å². The number of carbonyl (C=O) groups excluding carboxylic acids is 3.